The first kappa shape index (κ1) is 23.0. The number of hydrogen-bond donors (Lipinski definition) is 1. The van der Waals surface area contributed by atoms with Crippen molar-refractivity contribution in [2.24, 2.45) is 5.41 Å². The molecule has 1 N–H and O–H groups in total. The SMILES string of the molecule is CC1(C)CC(=O)C2=C(C1)Nc1nc(SCC(=O)c3ccc(F)cc3)nn1[C@@H]2c1ccc(Br)cc1. The topological polar surface area (TPSA) is 76.9 Å². The normalized spacial score (nSPS) is 18.8. The number of carbonyl (C=O) groups excluding carboxylic acids is 2. The molecule has 3 aromatic rings. The quantitative estimate of drug-likeness (QED) is 0.325. The van der Waals surface area contributed by atoms with E-state index in [0.29, 0.717) is 23.1 Å². The molecule has 174 valence electrons. The Morgan fingerprint density at radius 1 is 1.18 bits per heavy atom. The molecular formula is C25H22BrFN4O2S. The first-order chi connectivity index (χ1) is 16.2. The smallest absolute Gasteiger partial charge is 0.227 e. The molecule has 34 heavy (non-hydrogen) atoms. The Labute approximate surface area is 209 Å². The van der Waals surface area contributed by atoms with Gasteiger partial charge in [0.05, 0.1) is 5.75 Å². The van der Waals surface area contributed by atoms with Crippen LogP contribution in [-0.4, -0.2) is 32.1 Å². The molecule has 0 radical (unpaired) electrons. The largest absolute Gasteiger partial charge is 0.328 e. The Morgan fingerprint density at radius 3 is 2.59 bits per heavy atom. The summed E-state index contributed by atoms with van der Waals surface area (Å²) in [5.41, 5.74) is 2.84. The van der Waals surface area contributed by atoms with Gasteiger partial charge in [0.2, 0.25) is 11.1 Å². The number of carbonyl (C=O) groups is 2. The van der Waals surface area contributed by atoms with Crippen LogP contribution in [-0.2, 0) is 4.79 Å². The molecule has 0 saturated carbocycles. The van der Waals surface area contributed by atoms with Crippen molar-refractivity contribution in [1.82, 2.24) is 14.8 Å². The van der Waals surface area contributed by atoms with E-state index in [1.165, 1.54) is 36.0 Å². The van der Waals surface area contributed by atoms with E-state index in [4.69, 9.17) is 0 Å². The van der Waals surface area contributed by atoms with Gasteiger partial charge >= 0.3 is 0 Å². The van der Waals surface area contributed by atoms with E-state index < -0.39 is 6.04 Å². The molecule has 1 aromatic heterocycles. The number of allylic oxidation sites excluding steroid dienone is 2. The van der Waals surface area contributed by atoms with Crippen LogP contribution in [0.5, 0.6) is 0 Å². The molecule has 0 spiro atoms. The molecule has 9 heteroatoms. The highest BCUT2D eigenvalue weighted by atomic mass is 79.9. The van der Waals surface area contributed by atoms with Crippen LogP contribution in [0.1, 0.15) is 48.7 Å². The number of Topliss-reactive ketones (excluding diaryl/α,β-unsaturated/α-hetero) is 2. The van der Waals surface area contributed by atoms with E-state index >= 15 is 0 Å². The maximum atomic E-state index is 13.3. The Kier molecular flexibility index (Phi) is 5.93. The van der Waals surface area contributed by atoms with Crippen LogP contribution in [0.3, 0.4) is 0 Å². The lowest BCUT2D eigenvalue weighted by atomic mass is 9.73. The van der Waals surface area contributed by atoms with Gasteiger partial charge in [-0.25, -0.2) is 9.07 Å². The highest BCUT2D eigenvalue weighted by Gasteiger charge is 2.41. The van der Waals surface area contributed by atoms with Gasteiger partial charge in [-0.1, -0.05) is 53.7 Å². The molecule has 1 aliphatic heterocycles. The van der Waals surface area contributed by atoms with Crippen molar-refractivity contribution < 1.29 is 14.0 Å². The fourth-order valence-corrected chi connectivity index (χ4v) is 5.44. The first-order valence-corrected chi connectivity index (χ1v) is 12.6. The summed E-state index contributed by atoms with van der Waals surface area (Å²) in [5.74, 6) is 0.260. The fraction of sp³-hybridized carbons (Fsp3) is 0.280. The molecule has 0 unspecified atom stereocenters. The Bertz CT molecular complexity index is 1320. The second-order valence-electron chi connectivity index (χ2n) is 9.29. The summed E-state index contributed by atoms with van der Waals surface area (Å²) in [4.78, 5) is 30.4. The molecule has 6 nitrogen and oxygen atoms in total. The van der Waals surface area contributed by atoms with Gasteiger partial charge in [0.15, 0.2) is 11.6 Å². The van der Waals surface area contributed by atoms with Crippen molar-refractivity contribution in [3.63, 3.8) is 0 Å². The van der Waals surface area contributed by atoms with Gasteiger partial charge in [-0.05, 0) is 53.8 Å². The fourth-order valence-electron chi connectivity index (χ4n) is 4.45. The first-order valence-electron chi connectivity index (χ1n) is 10.9. The van der Waals surface area contributed by atoms with Gasteiger partial charge in [0, 0.05) is 27.7 Å². The van der Waals surface area contributed by atoms with Crippen molar-refractivity contribution in [3.05, 3.63) is 81.2 Å². The third kappa shape index (κ3) is 4.46. The van der Waals surface area contributed by atoms with Gasteiger partial charge < -0.3 is 5.32 Å². The molecule has 0 bridgehead atoms. The number of halogens is 2. The lowest BCUT2D eigenvalue weighted by molar-refractivity contribution is -0.118. The summed E-state index contributed by atoms with van der Waals surface area (Å²) in [6.07, 6.45) is 1.21. The molecule has 1 atom stereocenters. The monoisotopic (exact) mass is 540 g/mol. The summed E-state index contributed by atoms with van der Waals surface area (Å²) >= 11 is 4.69. The highest BCUT2D eigenvalue weighted by Crippen LogP contribution is 2.45. The van der Waals surface area contributed by atoms with E-state index in [2.05, 4.69) is 45.2 Å². The van der Waals surface area contributed by atoms with Gasteiger partial charge in [0.1, 0.15) is 11.9 Å². The van der Waals surface area contributed by atoms with Crippen molar-refractivity contribution >= 4 is 45.2 Å². The van der Waals surface area contributed by atoms with Crippen LogP contribution >= 0.6 is 27.7 Å². The molecule has 2 aliphatic rings. The van der Waals surface area contributed by atoms with Crippen LogP contribution in [0.15, 0.2) is 69.4 Å². The standard InChI is InChI=1S/C25H22BrFN4O2S/c1-25(2)11-18-21(19(32)12-25)22(15-3-7-16(26)8-4-15)31-23(28-18)29-24(30-31)34-13-20(33)14-5-9-17(27)10-6-14/h3-10,22H,11-13H2,1-2H3,(H,28,29,30)/t22-/m1/s1. The van der Waals surface area contributed by atoms with Crippen molar-refractivity contribution in [1.29, 1.82) is 0 Å². The van der Waals surface area contributed by atoms with E-state index in [1.54, 1.807) is 4.68 Å². The minimum atomic E-state index is -0.391. The summed E-state index contributed by atoms with van der Waals surface area (Å²) in [6.45, 7) is 4.18. The number of rotatable bonds is 5. The number of thioether (sulfide) groups is 1. The lowest BCUT2D eigenvalue weighted by Gasteiger charge is -2.38. The van der Waals surface area contributed by atoms with Crippen molar-refractivity contribution in [2.75, 3.05) is 11.1 Å². The molecule has 2 aromatic carbocycles. The van der Waals surface area contributed by atoms with Crippen LogP contribution in [0, 0.1) is 11.2 Å². The van der Waals surface area contributed by atoms with Crippen molar-refractivity contribution in [3.8, 4) is 0 Å². The highest BCUT2D eigenvalue weighted by molar-refractivity contribution is 9.10. The van der Waals surface area contributed by atoms with E-state index in [1.807, 2.05) is 24.3 Å². The van der Waals surface area contributed by atoms with Gasteiger partial charge in [-0.3, -0.25) is 9.59 Å². The zero-order valence-electron chi connectivity index (χ0n) is 18.6. The second-order valence-corrected chi connectivity index (χ2v) is 11.2. The number of hydrogen-bond acceptors (Lipinski definition) is 6. The van der Waals surface area contributed by atoms with E-state index in [-0.39, 0.29) is 28.6 Å². The second kappa shape index (κ2) is 8.78. The Morgan fingerprint density at radius 2 is 1.88 bits per heavy atom. The van der Waals surface area contributed by atoms with Gasteiger partial charge in [-0.15, -0.1) is 5.10 Å². The summed E-state index contributed by atoms with van der Waals surface area (Å²) < 4.78 is 15.8. The predicted molar refractivity (Wildman–Crippen MR) is 132 cm³/mol. The zero-order valence-corrected chi connectivity index (χ0v) is 21.0. The number of aromatic nitrogens is 3. The van der Waals surface area contributed by atoms with Gasteiger partial charge in [-0.2, -0.15) is 4.98 Å². The number of benzene rings is 2. The average Bonchev–Trinajstić information content (AvgIpc) is 3.19. The van der Waals surface area contributed by atoms with E-state index in [9.17, 15) is 14.0 Å². The predicted octanol–water partition coefficient (Wildman–Crippen LogP) is 5.81. The molecule has 1 aliphatic carbocycles. The number of ketones is 2. The average molecular weight is 541 g/mol. The number of fused-ring (bicyclic) bond motifs is 1. The summed E-state index contributed by atoms with van der Waals surface area (Å²) in [7, 11) is 0. The van der Waals surface area contributed by atoms with E-state index in [0.717, 1.165) is 27.7 Å². The number of nitrogens with zero attached hydrogens (tertiary/aromatic N) is 3. The van der Waals surface area contributed by atoms with Crippen LogP contribution in [0.2, 0.25) is 0 Å². The molecular weight excluding hydrogens is 519 g/mol. The Hall–Kier alpha value is -2.78. The molecule has 5 rings (SSSR count). The maximum absolute atomic E-state index is 13.3. The number of anilines is 1. The minimum absolute atomic E-state index is 0.105. The maximum Gasteiger partial charge on any atom is 0.227 e. The Balaban J connectivity index is 1.47. The molecule has 2 heterocycles. The third-order valence-electron chi connectivity index (χ3n) is 6.00. The molecule has 0 saturated heterocycles. The summed E-state index contributed by atoms with van der Waals surface area (Å²) in [6, 6.07) is 12.9. The minimum Gasteiger partial charge on any atom is -0.328 e. The van der Waals surface area contributed by atoms with Crippen LogP contribution < -0.4 is 5.32 Å². The van der Waals surface area contributed by atoms with Crippen LogP contribution in [0.4, 0.5) is 10.3 Å². The lowest BCUT2D eigenvalue weighted by Crippen LogP contribution is -2.36. The summed E-state index contributed by atoms with van der Waals surface area (Å²) in [5, 5.41) is 8.45. The van der Waals surface area contributed by atoms with Crippen LogP contribution in [0.25, 0.3) is 0 Å². The number of nitrogens with one attached hydrogen (secondary N) is 1. The molecule has 0 fully saturated rings. The zero-order chi connectivity index (χ0) is 24.0. The molecule has 0 amide bonds. The third-order valence-corrected chi connectivity index (χ3v) is 7.36. The van der Waals surface area contributed by atoms with Gasteiger partial charge in [0.25, 0.3) is 0 Å². The van der Waals surface area contributed by atoms with Crippen molar-refractivity contribution in [2.45, 2.75) is 37.9 Å².